The number of nitrogens with two attached hydrogens (primary N) is 2. The SMILES string of the molecule is CON=C(C(=O)NC1C(=O)N2C(C(=O)O)=C(COC(=O)c3ccc(NS(=O)(=O)CCN)c(O)c3)CS[C@@H]12)c1csc(N)n1. The van der Waals surface area contributed by atoms with Crippen LogP contribution in [-0.4, -0.2) is 101 Å². The molecule has 2 aliphatic heterocycles. The number of rotatable bonds is 12. The molecule has 1 aromatic heterocycles. The Morgan fingerprint density at radius 1 is 1.30 bits per heavy atom. The highest BCUT2D eigenvalue weighted by molar-refractivity contribution is 8.00. The highest BCUT2D eigenvalue weighted by Crippen LogP contribution is 2.40. The molecule has 1 aromatic carbocycles. The number of carbonyl (C=O) groups excluding carboxylic acids is 3. The summed E-state index contributed by atoms with van der Waals surface area (Å²) in [6.07, 6.45) is 0. The van der Waals surface area contributed by atoms with Crippen LogP contribution in [0, 0.1) is 0 Å². The summed E-state index contributed by atoms with van der Waals surface area (Å²) in [7, 11) is -2.58. The van der Waals surface area contributed by atoms with E-state index in [0.717, 1.165) is 40.1 Å². The second-order valence-corrected chi connectivity index (χ2v) is 12.7. The number of hydrogen-bond donors (Lipinski definition) is 6. The van der Waals surface area contributed by atoms with Crippen molar-refractivity contribution in [2.75, 3.05) is 42.2 Å². The van der Waals surface area contributed by atoms with Crippen LogP contribution in [0.1, 0.15) is 16.1 Å². The van der Waals surface area contributed by atoms with E-state index in [0.29, 0.717) is 0 Å². The fraction of sp³-hybridized carbons (Fsp3) is 0.304. The highest BCUT2D eigenvalue weighted by atomic mass is 32.2. The third kappa shape index (κ3) is 6.82. The fourth-order valence-electron chi connectivity index (χ4n) is 4.05. The molecule has 1 saturated heterocycles. The number of nitrogens with zero attached hydrogens (tertiary/aromatic N) is 3. The fourth-order valence-corrected chi connectivity index (χ4v) is 6.85. The topological polar surface area (TPSA) is 266 Å². The molecule has 8 N–H and O–H groups in total. The number of aromatic nitrogens is 1. The number of ether oxygens (including phenoxy) is 1. The van der Waals surface area contributed by atoms with Crippen LogP contribution < -0.4 is 21.5 Å². The van der Waals surface area contributed by atoms with Crippen molar-refractivity contribution in [2.24, 2.45) is 10.9 Å². The third-order valence-electron chi connectivity index (χ3n) is 5.96. The molecule has 20 heteroatoms. The van der Waals surface area contributed by atoms with Gasteiger partial charge in [0.1, 0.15) is 42.3 Å². The second kappa shape index (κ2) is 12.9. The Morgan fingerprint density at radius 3 is 2.65 bits per heavy atom. The van der Waals surface area contributed by atoms with E-state index < -0.39 is 63.2 Å². The number of nitrogen functional groups attached to an aromatic ring is 1. The minimum absolute atomic E-state index is 0.0461. The standard InChI is InChI=1S/C23H25N7O10S3/c1-39-28-15(13-9-42-23(25)26-13)18(32)27-16-19(33)30-17(21(34)35)11(8-41-20(16)30)7-40-22(36)10-2-3-12(14(31)6-10)29-43(37,38)5-4-24/h2-3,6,9,16,20,29,31H,4-5,7-8,24H2,1H3,(H2,25,26)(H,27,32)(H,34,35)/t16?,20-/m0/s1. The number of phenolic OH excluding ortho intramolecular Hbond substituents is 1. The number of benzene rings is 1. The molecule has 0 spiro atoms. The molecule has 0 bridgehead atoms. The quantitative estimate of drug-likeness (QED) is 0.0531. The number of hydrogen-bond acceptors (Lipinski definition) is 15. The number of thioether (sulfide) groups is 1. The number of aromatic hydroxyl groups is 1. The molecular formula is C23H25N7O10S3. The number of aliphatic carboxylic acids is 1. The van der Waals surface area contributed by atoms with Gasteiger partial charge in [0.15, 0.2) is 10.8 Å². The van der Waals surface area contributed by atoms with Gasteiger partial charge in [-0.05, 0) is 18.2 Å². The maximum absolute atomic E-state index is 13.0. The number of phenols is 1. The number of thiazole rings is 1. The normalized spacial score (nSPS) is 18.4. The van der Waals surface area contributed by atoms with Crippen molar-refractivity contribution < 1.29 is 47.4 Å². The first kappa shape index (κ1) is 31.5. The van der Waals surface area contributed by atoms with Gasteiger partial charge in [-0.1, -0.05) is 5.16 Å². The lowest BCUT2D eigenvalue weighted by atomic mass is 10.0. The first-order valence-electron chi connectivity index (χ1n) is 12.1. The molecule has 0 radical (unpaired) electrons. The Labute approximate surface area is 251 Å². The Bertz CT molecular complexity index is 1640. The molecule has 17 nitrogen and oxygen atoms in total. The molecule has 1 unspecified atom stereocenters. The monoisotopic (exact) mass is 655 g/mol. The highest BCUT2D eigenvalue weighted by Gasteiger charge is 2.54. The summed E-state index contributed by atoms with van der Waals surface area (Å²) in [5, 5.41) is 27.1. The molecule has 0 aliphatic carbocycles. The molecule has 2 aromatic rings. The third-order valence-corrected chi connectivity index (χ3v) is 9.28. The molecule has 2 aliphatic rings. The van der Waals surface area contributed by atoms with E-state index in [4.69, 9.17) is 21.0 Å². The summed E-state index contributed by atoms with van der Waals surface area (Å²) in [5.74, 6) is -4.76. The van der Waals surface area contributed by atoms with Gasteiger partial charge >= 0.3 is 11.9 Å². The van der Waals surface area contributed by atoms with Crippen molar-refractivity contribution in [1.82, 2.24) is 15.2 Å². The largest absolute Gasteiger partial charge is 0.506 e. The van der Waals surface area contributed by atoms with Crippen molar-refractivity contribution in [1.29, 1.82) is 0 Å². The van der Waals surface area contributed by atoms with Crippen LogP contribution in [0.5, 0.6) is 5.75 Å². The van der Waals surface area contributed by atoms with Gasteiger partial charge in [-0.2, -0.15) is 0 Å². The van der Waals surface area contributed by atoms with Crippen molar-refractivity contribution in [3.63, 3.8) is 0 Å². The molecule has 3 heterocycles. The minimum atomic E-state index is -3.81. The molecule has 2 atom stereocenters. The van der Waals surface area contributed by atoms with Crippen LogP contribution in [0.3, 0.4) is 0 Å². The number of fused-ring (bicyclic) bond motifs is 1. The summed E-state index contributed by atoms with van der Waals surface area (Å²) in [4.78, 5) is 60.3. The van der Waals surface area contributed by atoms with Gasteiger partial charge in [-0.25, -0.2) is 23.0 Å². The summed E-state index contributed by atoms with van der Waals surface area (Å²) in [6.45, 7) is -0.637. The van der Waals surface area contributed by atoms with Gasteiger partial charge in [0.05, 0.1) is 17.0 Å². The smallest absolute Gasteiger partial charge is 0.352 e. The van der Waals surface area contributed by atoms with E-state index in [-0.39, 0.29) is 51.4 Å². The Kier molecular flexibility index (Phi) is 9.43. The van der Waals surface area contributed by atoms with Crippen LogP contribution in [0.2, 0.25) is 0 Å². The number of carbonyl (C=O) groups is 4. The van der Waals surface area contributed by atoms with E-state index in [2.05, 4.69) is 20.2 Å². The van der Waals surface area contributed by atoms with Gasteiger partial charge in [0.2, 0.25) is 10.0 Å². The van der Waals surface area contributed by atoms with Crippen molar-refractivity contribution in [3.8, 4) is 5.75 Å². The van der Waals surface area contributed by atoms with Crippen molar-refractivity contribution >= 4 is 73.4 Å². The number of β-lactam (4-membered cyclic amide) rings is 1. The van der Waals surface area contributed by atoms with Crippen LogP contribution in [0.4, 0.5) is 10.8 Å². The predicted octanol–water partition coefficient (Wildman–Crippen LogP) is -0.923. The molecular weight excluding hydrogens is 630 g/mol. The number of sulfonamides is 1. The number of carboxylic acids is 1. The molecule has 1 fully saturated rings. The van der Waals surface area contributed by atoms with E-state index >= 15 is 0 Å². The number of nitrogens with one attached hydrogen (secondary N) is 2. The average molecular weight is 656 g/mol. The van der Waals surface area contributed by atoms with Gasteiger partial charge in [-0.15, -0.1) is 23.1 Å². The van der Waals surface area contributed by atoms with Crippen molar-refractivity contribution in [3.05, 3.63) is 46.1 Å². The lowest BCUT2D eigenvalue weighted by molar-refractivity contribution is -0.150. The van der Waals surface area contributed by atoms with Crippen LogP contribution >= 0.6 is 23.1 Å². The number of amides is 2. The molecule has 4 rings (SSSR count). The maximum atomic E-state index is 13.0. The lowest BCUT2D eigenvalue weighted by Crippen LogP contribution is -2.71. The van der Waals surface area contributed by atoms with E-state index in [9.17, 15) is 37.8 Å². The zero-order valence-corrected chi connectivity index (χ0v) is 24.6. The number of anilines is 2. The number of oxime groups is 1. The molecule has 43 heavy (non-hydrogen) atoms. The maximum Gasteiger partial charge on any atom is 0.352 e. The Morgan fingerprint density at radius 2 is 2.05 bits per heavy atom. The summed E-state index contributed by atoms with van der Waals surface area (Å²) in [5.41, 5.74) is 10.2. The van der Waals surface area contributed by atoms with E-state index in [1.54, 1.807) is 0 Å². The minimum Gasteiger partial charge on any atom is -0.506 e. The van der Waals surface area contributed by atoms with Gasteiger partial charge in [0.25, 0.3) is 11.8 Å². The lowest BCUT2D eigenvalue weighted by Gasteiger charge is -2.49. The molecule has 2 amide bonds. The van der Waals surface area contributed by atoms with Gasteiger partial charge in [-0.3, -0.25) is 19.2 Å². The number of carboxylic acid groups (broad SMARTS) is 1. The summed E-state index contributed by atoms with van der Waals surface area (Å²) in [6, 6.07) is 2.25. The van der Waals surface area contributed by atoms with Crippen LogP contribution in [0.25, 0.3) is 0 Å². The predicted molar refractivity (Wildman–Crippen MR) is 155 cm³/mol. The molecule has 0 saturated carbocycles. The van der Waals surface area contributed by atoms with E-state index in [1.165, 1.54) is 18.6 Å². The van der Waals surface area contributed by atoms with E-state index in [1.807, 2.05) is 0 Å². The zero-order chi connectivity index (χ0) is 31.5. The second-order valence-electron chi connectivity index (χ2n) is 8.83. The van der Waals surface area contributed by atoms with Crippen LogP contribution in [0.15, 0.2) is 40.0 Å². The van der Waals surface area contributed by atoms with Gasteiger partial charge < -0.3 is 36.6 Å². The summed E-state index contributed by atoms with van der Waals surface area (Å²) < 4.78 is 31.1. The first-order valence-corrected chi connectivity index (χ1v) is 15.7. The first-order chi connectivity index (χ1) is 20.4. The van der Waals surface area contributed by atoms with Crippen LogP contribution in [-0.2, 0) is 34.0 Å². The van der Waals surface area contributed by atoms with Gasteiger partial charge in [0, 0.05) is 23.3 Å². The average Bonchev–Trinajstić information content (AvgIpc) is 3.38. The number of esters is 1. The Hall–Kier alpha value is -4.40. The van der Waals surface area contributed by atoms with Crippen molar-refractivity contribution in [2.45, 2.75) is 11.4 Å². The Balaban J connectivity index is 1.44. The molecule has 230 valence electrons. The summed E-state index contributed by atoms with van der Waals surface area (Å²) >= 11 is 2.21. The zero-order valence-electron chi connectivity index (χ0n) is 22.2.